The smallest absolute Gasteiger partial charge is 0.310 e. The highest BCUT2D eigenvalue weighted by molar-refractivity contribution is 5.72. The second-order valence-electron chi connectivity index (χ2n) is 5.53. The Morgan fingerprint density at radius 1 is 1.35 bits per heavy atom. The van der Waals surface area contributed by atoms with Gasteiger partial charge >= 0.3 is 5.97 Å². The molecule has 1 heterocycles. The van der Waals surface area contributed by atoms with Crippen LogP contribution in [-0.2, 0) is 16.1 Å². The summed E-state index contributed by atoms with van der Waals surface area (Å²) in [5.74, 6) is -0.283. The van der Waals surface area contributed by atoms with Gasteiger partial charge < -0.3 is 14.7 Å². The number of carbonyl (C=O) groups excluding carboxylic acids is 1. The lowest BCUT2D eigenvalue weighted by atomic mass is 10.1. The Labute approximate surface area is 120 Å². The fraction of sp³-hybridized carbons (Fsp3) is 0.562. The molecule has 1 unspecified atom stereocenters. The first-order valence-corrected chi connectivity index (χ1v) is 7.26. The average molecular weight is 277 g/mol. The van der Waals surface area contributed by atoms with Crippen LogP contribution >= 0.6 is 0 Å². The molecular weight excluding hydrogens is 254 g/mol. The second kappa shape index (κ2) is 7.41. The van der Waals surface area contributed by atoms with E-state index in [1.165, 1.54) is 0 Å². The molecular formula is C16H23NO3. The zero-order valence-electron chi connectivity index (χ0n) is 12.0. The minimum atomic E-state index is -0.174. The maximum Gasteiger partial charge on any atom is 0.310 e. The number of ether oxygens (including phenoxy) is 1. The van der Waals surface area contributed by atoms with Crippen molar-refractivity contribution in [1.82, 2.24) is 4.90 Å². The van der Waals surface area contributed by atoms with Gasteiger partial charge in [0.05, 0.1) is 12.0 Å². The van der Waals surface area contributed by atoms with Gasteiger partial charge in [-0.3, -0.25) is 4.79 Å². The van der Waals surface area contributed by atoms with E-state index in [-0.39, 0.29) is 18.0 Å². The summed E-state index contributed by atoms with van der Waals surface area (Å²) in [6.45, 7) is 4.66. The Morgan fingerprint density at radius 3 is 2.65 bits per heavy atom. The third-order valence-corrected chi connectivity index (χ3v) is 3.72. The molecule has 0 saturated carbocycles. The fourth-order valence-corrected chi connectivity index (χ4v) is 2.43. The van der Waals surface area contributed by atoms with Gasteiger partial charge in [-0.05, 0) is 18.4 Å². The molecule has 0 aromatic heterocycles. The van der Waals surface area contributed by atoms with Gasteiger partial charge in [-0.25, -0.2) is 0 Å². The van der Waals surface area contributed by atoms with E-state index >= 15 is 0 Å². The van der Waals surface area contributed by atoms with Gasteiger partial charge in [-0.15, -0.1) is 0 Å². The van der Waals surface area contributed by atoms with Gasteiger partial charge in [0.15, 0.2) is 0 Å². The average Bonchev–Trinajstić information content (AvgIpc) is 2.48. The largest absolute Gasteiger partial charge is 0.461 e. The Kier molecular flexibility index (Phi) is 5.56. The van der Waals surface area contributed by atoms with E-state index in [0.717, 1.165) is 31.5 Å². The third-order valence-electron chi connectivity index (χ3n) is 3.72. The summed E-state index contributed by atoms with van der Waals surface area (Å²) in [5.41, 5.74) is 1.01. The summed E-state index contributed by atoms with van der Waals surface area (Å²) in [4.78, 5) is 14.2. The van der Waals surface area contributed by atoms with Crippen LogP contribution in [0.4, 0.5) is 0 Å². The van der Waals surface area contributed by atoms with Crippen molar-refractivity contribution in [3.63, 3.8) is 0 Å². The van der Waals surface area contributed by atoms with Crippen LogP contribution in [-0.4, -0.2) is 41.7 Å². The zero-order valence-corrected chi connectivity index (χ0v) is 12.0. The van der Waals surface area contributed by atoms with Crippen LogP contribution in [0.3, 0.4) is 0 Å². The van der Waals surface area contributed by atoms with E-state index in [1.54, 1.807) is 0 Å². The van der Waals surface area contributed by atoms with Crippen LogP contribution < -0.4 is 0 Å². The number of hydrogen-bond acceptors (Lipinski definition) is 4. The first kappa shape index (κ1) is 15.0. The summed E-state index contributed by atoms with van der Waals surface area (Å²) in [5, 5.41) is 9.46. The molecule has 1 aliphatic rings. The third kappa shape index (κ3) is 4.62. The molecule has 20 heavy (non-hydrogen) atoms. The quantitative estimate of drug-likeness (QED) is 0.834. The SMILES string of the molecule is CC(CN1CCC(O)CC1)C(=O)OCc1ccccc1. The highest BCUT2D eigenvalue weighted by Crippen LogP contribution is 2.13. The van der Waals surface area contributed by atoms with E-state index in [4.69, 9.17) is 4.74 Å². The highest BCUT2D eigenvalue weighted by Gasteiger charge is 2.22. The molecule has 1 aromatic carbocycles. The van der Waals surface area contributed by atoms with Crippen molar-refractivity contribution in [3.8, 4) is 0 Å². The van der Waals surface area contributed by atoms with Gasteiger partial charge in [0.1, 0.15) is 6.61 Å². The summed E-state index contributed by atoms with van der Waals surface area (Å²) >= 11 is 0. The molecule has 0 spiro atoms. The van der Waals surface area contributed by atoms with Gasteiger partial charge in [0.2, 0.25) is 0 Å². The number of carbonyl (C=O) groups is 1. The van der Waals surface area contributed by atoms with Crippen molar-refractivity contribution in [2.24, 2.45) is 5.92 Å². The molecule has 1 aromatic rings. The minimum Gasteiger partial charge on any atom is -0.461 e. The first-order chi connectivity index (χ1) is 9.65. The Bertz CT molecular complexity index is 413. The molecule has 1 saturated heterocycles. The zero-order chi connectivity index (χ0) is 14.4. The predicted molar refractivity (Wildman–Crippen MR) is 77.1 cm³/mol. The summed E-state index contributed by atoms with van der Waals surface area (Å²) in [7, 11) is 0. The van der Waals surface area contributed by atoms with Crippen molar-refractivity contribution in [2.75, 3.05) is 19.6 Å². The summed E-state index contributed by atoms with van der Waals surface area (Å²) in [6, 6.07) is 9.71. The maximum absolute atomic E-state index is 12.0. The molecule has 0 aliphatic carbocycles. The first-order valence-electron chi connectivity index (χ1n) is 7.26. The van der Waals surface area contributed by atoms with E-state index < -0.39 is 0 Å². The number of nitrogens with zero attached hydrogens (tertiary/aromatic N) is 1. The fourth-order valence-electron chi connectivity index (χ4n) is 2.43. The van der Waals surface area contributed by atoms with Crippen molar-refractivity contribution in [1.29, 1.82) is 0 Å². The minimum absolute atomic E-state index is 0.131. The molecule has 0 bridgehead atoms. The molecule has 1 N–H and O–H groups in total. The van der Waals surface area contributed by atoms with Crippen LogP contribution in [0.15, 0.2) is 30.3 Å². The van der Waals surface area contributed by atoms with E-state index in [0.29, 0.717) is 13.2 Å². The number of hydrogen-bond donors (Lipinski definition) is 1. The molecule has 4 nitrogen and oxygen atoms in total. The van der Waals surface area contributed by atoms with E-state index in [9.17, 15) is 9.90 Å². The summed E-state index contributed by atoms with van der Waals surface area (Å²) in [6.07, 6.45) is 1.42. The van der Waals surface area contributed by atoms with Gasteiger partial charge in [-0.1, -0.05) is 37.3 Å². The van der Waals surface area contributed by atoms with E-state index in [2.05, 4.69) is 4.90 Å². The number of likely N-dealkylation sites (tertiary alicyclic amines) is 1. The topological polar surface area (TPSA) is 49.8 Å². The Hall–Kier alpha value is -1.39. The summed E-state index contributed by atoms with van der Waals surface area (Å²) < 4.78 is 5.34. The Morgan fingerprint density at radius 2 is 2.00 bits per heavy atom. The molecule has 1 fully saturated rings. The number of aliphatic hydroxyl groups is 1. The lowest BCUT2D eigenvalue weighted by Crippen LogP contribution is -2.40. The van der Waals surface area contributed by atoms with Crippen molar-refractivity contribution < 1.29 is 14.6 Å². The molecule has 110 valence electrons. The maximum atomic E-state index is 12.0. The predicted octanol–water partition coefficient (Wildman–Crippen LogP) is 1.82. The van der Waals surface area contributed by atoms with Crippen LogP contribution in [0, 0.1) is 5.92 Å². The molecule has 2 rings (SSSR count). The molecule has 4 heteroatoms. The van der Waals surface area contributed by atoms with Crippen molar-refractivity contribution >= 4 is 5.97 Å². The second-order valence-corrected chi connectivity index (χ2v) is 5.53. The number of piperidine rings is 1. The lowest BCUT2D eigenvalue weighted by Gasteiger charge is -2.30. The standard InChI is InChI=1S/C16H23NO3/c1-13(11-17-9-7-15(18)8-10-17)16(19)20-12-14-5-3-2-4-6-14/h2-6,13,15,18H,7-12H2,1H3. The molecule has 1 aliphatic heterocycles. The molecule has 0 radical (unpaired) electrons. The highest BCUT2D eigenvalue weighted by atomic mass is 16.5. The van der Waals surface area contributed by atoms with Crippen LogP contribution in [0.1, 0.15) is 25.3 Å². The lowest BCUT2D eigenvalue weighted by molar-refractivity contribution is -0.150. The monoisotopic (exact) mass is 277 g/mol. The van der Waals surface area contributed by atoms with Gasteiger partial charge in [-0.2, -0.15) is 0 Å². The Balaban J connectivity index is 1.72. The van der Waals surface area contributed by atoms with Gasteiger partial charge in [0.25, 0.3) is 0 Å². The van der Waals surface area contributed by atoms with Crippen LogP contribution in [0.5, 0.6) is 0 Å². The van der Waals surface area contributed by atoms with Crippen molar-refractivity contribution in [2.45, 2.75) is 32.5 Å². The number of rotatable bonds is 5. The molecule has 0 amide bonds. The number of benzene rings is 1. The number of aliphatic hydroxyl groups excluding tert-OH is 1. The molecule has 1 atom stereocenters. The van der Waals surface area contributed by atoms with Crippen LogP contribution in [0.25, 0.3) is 0 Å². The normalized spacial score (nSPS) is 18.7. The number of esters is 1. The van der Waals surface area contributed by atoms with E-state index in [1.807, 2.05) is 37.3 Å². The van der Waals surface area contributed by atoms with Crippen LogP contribution in [0.2, 0.25) is 0 Å². The van der Waals surface area contributed by atoms with Gasteiger partial charge in [0, 0.05) is 19.6 Å². The van der Waals surface area contributed by atoms with Crippen molar-refractivity contribution in [3.05, 3.63) is 35.9 Å².